The largest absolute Gasteiger partial charge is 0.416 e. The number of nitrogens with zero attached hydrogens (tertiary/aromatic N) is 1. The topological polar surface area (TPSA) is 52.6 Å². The van der Waals surface area contributed by atoms with Gasteiger partial charge in [-0.15, -0.1) is 0 Å². The summed E-state index contributed by atoms with van der Waals surface area (Å²) < 4.78 is 39.3. The number of rotatable bonds is 1. The number of hydrogen-bond acceptors (Lipinski definition) is 2. The van der Waals surface area contributed by atoms with Gasteiger partial charge in [-0.1, -0.05) is 29.8 Å². The van der Waals surface area contributed by atoms with Crippen molar-refractivity contribution in [2.24, 2.45) is 0 Å². The number of benzene rings is 2. The number of aliphatic hydroxyl groups excluding tert-OH is 1. The molecule has 0 bridgehead atoms. The van der Waals surface area contributed by atoms with Gasteiger partial charge >= 0.3 is 12.2 Å². The van der Waals surface area contributed by atoms with Gasteiger partial charge in [0.2, 0.25) is 0 Å². The Morgan fingerprint density at radius 2 is 1.88 bits per heavy atom. The number of aliphatic hydroxyl groups is 1. The molecule has 0 aliphatic carbocycles. The molecule has 2 aromatic carbocycles. The van der Waals surface area contributed by atoms with Crippen molar-refractivity contribution < 1.29 is 23.1 Å². The first-order valence-corrected chi connectivity index (χ1v) is 7.33. The van der Waals surface area contributed by atoms with E-state index in [1.807, 2.05) is 0 Å². The van der Waals surface area contributed by atoms with Crippen molar-refractivity contribution in [2.45, 2.75) is 19.3 Å². The summed E-state index contributed by atoms with van der Waals surface area (Å²) in [5, 5.41) is 12.0. The number of amides is 2. The summed E-state index contributed by atoms with van der Waals surface area (Å²) in [5.41, 5.74) is 0.0155. The molecule has 1 aliphatic rings. The fourth-order valence-electron chi connectivity index (χ4n) is 2.64. The van der Waals surface area contributed by atoms with Crippen LogP contribution in [-0.2, 0) is 6.18 Å². The molecule has 1 heterocycles. The summed E-state index contributed by atoms with van der Waals surface area (Å²) in [6, 6.07) is 7.55. The van der Waals surface area contributed by atoms with Gasteiger partial charge in [-0.05, 0) is 30.7 Å². The molecule has 0 saturated carbocycles. The van der Waals surface area contributed by atoms with Gasteiger partial charge in [0.15, 0.2) is 6.23 Å². The van der Waals surface area contributed by atoms with Gasteiger partial charge in [-0.25, -0.2) is 4.79 Å². The molecule has 0 fully saturated rings. The molecule has 1 aliphatic heterocycles. The maximum Gasteiger partial charge on any atom is 0.416 e. The van der Waals surface area contributed by atoms with Gasteiger partial charge in [0.1, 0.15) is 0 Å². The second kappa shape index (κ2) is 5.68. The molecule has 8 heteroatoms. The van der Waals surface area contributed by atoms with Crippen LogP contribution in [0, 0.1) is 6.92 Å². The van der Waals surface area contributed by atoms with Crippen LogP contribution in [0.4, 0.5) is 29.3 Å². The number of halogens is 4. The molecule has 3 rings (SSSR count). The zero-order valence-corrected chi connectivity index (χ0v) is 13.1. The zero-order valence-electron chi connectivity index (χ0n) is 12.4. The van der Waals surface area contributed by atoms with Crippen molar-refractivity contribution in [1.29, 1.82) is 0 Å². The van der Waals surface area contributed by atoms with Crippen molar-refractivity contribution in [3.63, 3.8) is 0 Å². The molecule has 4 nitrogen and oxygen atoms in total. The van der Waals surface area contributed by atoms with Crippen molar-refractivity contribution in [1.82, 2.24) is 5.32 Å². The Kier molecular flexibility index (Phi) is 3.93. The summed E-state index contributed by atoms with van der Waals surface area (Å²) in [7, 11) is 0. The van der Waals surface area contributed by atoms with E-state index in [2.05, 4.69) is 5.32 Å². The lowest BCUT2D eigenvalue weighted by Gasteiger charge is -2.34. The molecular weight excluding hydrogens is 345 g/mol. The number of anilines is 2. The maximum atomic E-state index is 13.1. The molecule has 2 amide bonds. The van der Waals surface area contributed by atoms with E-state index >= 15 is 0 Å². The summed E-state index contributed by atoms with van der Waals surface area (Å²) in [6.45, 7) is 1.72. The normalized spacial score (nSPS) is 17.5. The van der Waals surface area contributed by atoms with E-state index in [4.69, 9.17) is 11.6 Å². The van der Waals surface area contributed by atoms with Gasteiger partial charge in [0, 0.05) is 5.56 Å². The standard InChI is InChI=1S/C16H12ClF3N2O2/c1-8-4-2-3-5-11(8)22-12-7-9(16(18,19)20)6-10(17)13(12)14(23)21-15(22)24/h2-7,14,23H,1H3,(H,21,24). The number of para-hydroxylation sites is 1. The van der Waals surface area contributed by atoms with Crippen molar-refractivity contribution >= 4 is 29.0 Å². The minimum absolute atomic E-state index is 0.0209. The summed E-state index contributed by atoms with van der Waals surface area (Å²) in [4.78, 5) is 13.4. The molecule has 0 aromatic heterocycles. The fourth-order valence-corrected chi connectivity index (χ4v) is 2.96. The number of fused-ring (bicyclic) bond motifs is 1. The molecule has 0 spiro atoms. The predicted molar refractivity (Wildman–Crippen MR) is 83.3 cm³/mol. The lowest BCUT2D eigenvalue weighted by Crippen LogP contribution is -2.44. The van der Waals surface area contributed by atoms with Gasteiger partial charge in [0.25, 0.3) is 0 Å². The number of urea groups is 1. The second-order valence-electron chi connectivity index (χ2n) is 5.36. The van der Waals surface area contributed by atoms with Crippen molar-refractivity contribution in [2.75, 3.05) is 4.90 Å². The highest BCUT2D eigenvalue weighted by molar-refractivity contribution is 6.32. The number of nitrogens with one attached hydrogen (secondary N) is 1. The van der Waals surface area contributed by atoms with Gasteiger partial charge in [-0.3, -0.25) is 4.90 Å². The summed E-state index contributed by atoms with van der Waals surface area (Å²) in [5.74, 6) is 0. The SMILES string of the molecule is Cc1ccccc1N1C(=O)NC(O)c2c(Cl)cc(C(F)(F)F)cc21. The van der Waals surface area contributed by atoms with E-state index in [1.54, 1.807) is 31.2 Å². The Balaban J connectivity index is 2.28. The number of carbonyl (C=O) groups is 1. The smallest absolute Gasteiger partial charge is 0.369 e. The first-order valence-electron chi connectivity index (χ1n) is 6.95. The highest BCUT2D eigenvalue weighted by atomic mass is 35.5. The Hall–Kier alpha value is -2.25. The van der Waals surface area contributed by atoms with E-state index in [0.717, 1.165) is 17.0 Å². The summed E-state index contributed by atoms with van der Waals surface area (Å²) in [6.07, 6.45) is -6.11. The van der Waals surface area contributed by atoms with E-state index in [-0.39, 0.29) is 16.3 Å². The monoisotopic (exact) mass is 356 g/mol. The van der Waals surface area contributed by atoms with Crippen LogP contribution in [0.5, 0.6) is 0 Å². The Labute approximate surface area is 140 Å². The molecule has 1 atom stereocenters. The van der Waals surface area contributed by atoms with Gasteiger partial charge in [0.05, 0.1) is 22.0 Å². The molecule has 0 radical (unpaired) electrons. The molecular formula is C16H12ClF3N2O2. The van der Waals surface area contributed by atoms with Crippen LogP contribution in [0.3, 0.4) is 0 Å². The van der Waals surface area contributed by atoms with E-state index in [9.17, 15) is 23.1 Å². The van der Waals surface area contributed by atoms with Crippen LogP contribution in [0.1, 0.15) is 22.9 Å². The Morgan fingerprint density at radius 3 is 2.50 bits per heavy atom. The molecule has 126 valence electrons. The minimum atomic E-state index is -4.63. The van der Waals surface area contributed by atoms with Gasteiger partial charge < -0.3 is 10.4 Å². The fraction of sp³-hybridized carbons (Fsp3) is 0.188. The number of alkyl halides is 3. The van der Waals surface area contributed by atoms with Gasteiger partial charge in [-0.2, -0.15) is 13.2 Å². The third-order valence-electron chi connectivity index (χ3n) is 3.77. The highest BCUT2D eigenvalue weighted by Crippen LogP contribution is 2.44. The third kappa shape index (κ3) is 2.70. The molecule has 0 saturated heterocycles. The lowest BCUT2D eigenvalue weighted by molar-refractivity contribution is -0.137. The second-order valence-corrected chi connectivity index (χ2v) is 5.77. The first-order chi connectivity index (χ1) is 11.2. The molecule has 2 N–H and O–H groups in total. The van der Waals surface area contributed by atoms with Crippen LogP contribution in [0.15, 0.2) is 36.4 Å². The maximum absolute atomic E-state index is 13.1. The average molecular weight is 357 g/mol. The number of carbonyl (C=O) groups excluding carboxylic acids is 1. The van der Waals surface area contributed by atoms with Crippen molar-refractivity contribution in [3.8, 4) is 0 Å². The highest BCUT2D eigenvalue weighted by Gasteiger charge is 2.38. The number of hydrogen-bond donors (Lipinski definition) is 2. The lowest BCUT2D eigenvalue weighted by atomic mass is 10.0. The van der Waals surface area contributed by atoms with Crippen LogP contribution in [-0.4, -0.2) is 11.1 Å². The zero-order chi connectivity index (χ0) is 17.6. The van der Waals surface area contributed by atoms with E-state index in [0.29, 0.717) is 11.3 Å². The van der Waals surface area contributed by atoms with Crippen LogP contribution in [0.2, 0.25) is 5.02 Å². The molecule has 2 aromatic rings. The summed E-state index contributed by atoms with van der Waals surface area (Å²) >= 11 is 5.95. The number of aryl methyl sites for hydroxylation is 1. The first kappa shape index (κ1) is 16.6. The van der Waals surface area contributed by atoms with E-state index in [1.165, 1.54) is 0 Å². The average Bonchev–Trinajstić information content (AvgIpc) is 2.47. The van der Waals surface area contributed by atoms with Crippen molar-refractivity contribution in [3.05, 3.63) is 58.1 Å². The quantitative estimate of drug-likeness (QED) is 0.789. The Bertz CT molecular complexity index is 823. The van der Waals surface area contributed by atoms with Crippen LogP contribution >= 0.6 is 11.6 Å². The predicted octanol–water partition coefficient (Wildman–Crippen LogP) is 4.52. The van der Waals surface area contributed by atoms with Crippen LogP contribution in [0.25, 0.3) is 0 Å². The molecule has 24 heavy (non-hydrogen) atoms. The van der Waals surface area contributed by atoms with E-state index < -0.39 is 24.0 Å². The Morgan fingerprint density at radius 1 is 1.21 bits per heavy atom. The minimum Gasteiger partial charge on any atom is -0.369 e. The molecule has 1 unspecified atom stereocenters. The third-order valence-corrected chi connectivity index (χ3v) is 4.08. The van der Waals surface area contributed by atoms with Crippen LogP contribution < -0.4 is 10.2 Å².